The van der Waals surface area contributed by atoms with Crippen LogP contribution in [0.2, 0.25) is 0 Å². The van der Waals surface area contributed by atoms with Crippen LogP contribution in [-0.4, -0.2) is 43.1 Å². The van der Waals surface area contributed by atoms with Gasteiger partial charge >= 0.3 is 0 Å². The number of aryl methyl sites for hydroxylation is 3. The molecule has 2 aromatic rings. The second-order valence-corrected chi connectivity index (χ2v) is 9.74. The normalized spacial score (nSPS) is 21.9. The summed E-state index contributed by atoms with van der Waals surface area (Å²) in [6.45, 7) is 4.64. The van der Waals surface area contributed by atoms with E-state index in [2.05, 4.69) is 53.4 Å². The zero-order valence-electron chi connectivity index (χ0n) is 18.5. The molecule has 0 spiro atoms. The second kappa shape index (κ2) is 9.92. The van der Waals surface area contributed by atoms with E-state index in [9.17, 15) is 0 Å². The van der Waals surface area contributed by atoms with Crippen LogP contribution in [0.25, 0.3) is 0 Å². The van der Waals surface area contributed by atoms with Crippen molar-refractivity contribution < 1.29 is 4.74 Å². The Hall–Kier alpha value is -1.92. The summed E-state index contributed by atoms with van der Waals surface area (Å²) in [6, 6.07) is 8.78. The van der Waals surface area contributed by atoms with Gasteiger partial charge < -0.3 is 15.0 Å². The first kappa shape index (κ1) is 21.3. The number of nitrogens with zero attached hydrogens (tertiary/aromatic N) is 3. The Morgan fingerprint density at radius 1 is 1.23 bits per heavy atom. The zero-order valence-corrected chi connectivity index (χ0v) is 19.3. The summed E-state index contributed by atoms with van der Waals surface area (Å²) in [4.78, 5) is 13.1. The van der Waals surface area contributed by atoms with Crippen LogP contribution < -0.4 is 5.32 Å². The summed E-state index contributed by atoms with van der Waals surface area (Å²) < 4.78 is 6.18. The van der Waals surface area contributed by atoms with Crippen molar-refractivity contribution in [2.45, 2.75) is 58.1 Å². The van der Waals surface area contributed by atoms with E-state index in [1.807, 2.05) is 18.4 Å². The molecule has 2 unspecified atom stereocenters. The first-order valence-corrected chi connectivity index (χ1v) is 12.0. The van der Waals surface area contributed by atoms with Crippen LogP contribution in [-0.2, 0) is 24.1 Å². The van der Waals surface area contributed by atoms with Gasteiger partial charge in [0, 0.05) is 38.0 Å². The van der Waals surface area contributed by atoms with Crippen molar-refractivity contribution in [1.29, 1.82) is 0 Å². The highest BCUT2D eigenvalue weighted by Crippen LogP contribution is 2.33. The molecule has 1 aromatic heterocycles. The van der Waals surface area contributed by atoms with Gasteiger partial charge in [-0.1, -0.05) is 29.8 Å². The SMILES string of the molecule is CN=C(NCC1CCCOC1c1ccc(C)cc1)N(C)Cc1nc2c(s1)CCCC2. The summed E-state index contributed by atoms with van der Waals surface area (Å²) in [6.07, 6.45) is 7.37. The van der Waals surface area contributed by atoms with E-state index in [1.54, 1.807) is 0 Å². The van der Waals surface area contributed by atoms with Gasteiger partial charge in [0.15, 0.2) is 5.96 Å². The van der Waals surface area contributed by atoms with Crippen molar-refractivity contribution in [3.8, 4) is 0 Å². The minimum absolute atomic E-state index is 0.154. The number of ether oxygens (including phenoxy) is 1. The predicted molar refractivity (Wildman–Crippen MR) is 124 cm³/mol. The monoisotopic (exact) mass is 426 g/mol. The molecule has 2 atom stereocenters. The summed E-state index contributed by atoms with van der Waals surface area (Å²) in [5, 5.41) is 4.80. The number of rotatable bonds is 5. The minimum Gasteiger partial charge on any atom is -0.373 e. The number of thiazole rings is 1. The van der Waals surface area contributed by atoms with Crippen LogP contribution in [0.4, 0.5) is 0 Å². The van der Waals surface area contributed by atoms with Gasteiger partial charge in [-0.3, -0.25) is 4.99 Å². The van der Waals surface area contributed by atoms with Gasteiger partial charge in [0.05, 0.1) is 18.3 Å². The average molecular weight is 427 g/mol. The van der Waals surface area contributed by atoms with Gasteiger partial charge in [-0.25, -0.2) is 4.98 Å². The second-order valence-electron chi connectivity index (χ2n) is 8.57. The molecule has 0 amide bonds. The Kier molecular flexibility index (Phi) is 7.05. The molecule has 0 radical (unpaired) electrons. The lowest BCUT2D eigenvalue weighted by Crippen LogP contribution is -2.42. The smallest absolute Gasteiger partial charge is 0.193 e. The van der Waals surface area contributed by atoms with E-state index in [0.29, 0.717) is 5.92 Å². The van der Waals surface area contributed by atoms with Crippen LogP contribution in [0.15, 0.2) is 29.3 Å². The molecule has 0 saturated carbocycles. The maximum absolute atomic E-state index is 6.18. The fourth-order valence-electron chi connectivity index (χ4n) is 4.53. The van der Waals surface area contributed by atoms with Gasteiger partial charge in [-0.15, -0.1) is 11.3 Å². The molecule has 162 valence electrons. The Morgan fingerprint density at radius 2 is 2.03 bits per heavy atom. The summed E-state index contributed by atoms with van der Waals surface area (Å²) >= 11 is 1.88. The maximum atomic E-state index is 6.18. The van der Waals surface area contributed by atoms with Gasteiger partial charge in [0.2, 0.25) is 0 Å². The number of guanidine groups is 1. The fraction of sp³-hybridized carbons (Fsp3) is 0.583. The molecule has 2 aliphatic rings. The van der Waals surface area contributed by atoms with Gasteiger partial charge in [-0.05, 0) is 51.0 Å². The quantitative estimate of drug-likeness (QED) is 0.565. The van der Waals surface area contributed by atoms with E-state index < -0.39 is 0 Å². The summed E-state index contributed by atoms with van der Waals surface area (Å²) in [5.74, 6) is 1.37. The number of aromatic nitrogens is 1. The molecule has 1 aromatic carbocycles. The standard InChI is InChI=1S/C24H34N4OS/c1-17-10-12-18(13-11-17)23-19(7-6-14-29-23)15-26-24(25-2)28(3)16-22-27-20-8-4-5-9-21(20)30-22/h10-13,19,23H,4-9,14-16H2,1-3H3,(H,25,26). The zero-order chi connectivity index (χ0) is 20.9. The third-order valence-electron chi connectivity index (χ3n) is 6.21. The van der Waals surface area contributed by atoms with E-state index in [-0.39, 0.29) is 6.10 Å². The van der Waals surface area contributed by atoms with Crippen molar-refractivity contribution in [3.63, 3.8) is 0 Å². The number of hydrogen-bond donors (Lipinski definition) is 1. The third kappa shape index (κ3) is 5.03. The minimum atomic E-state index is 0.154. The van der Waals surface area contributed by atoms with Crippen LogP contribution >= 0.6 is 11.3 Å². The first-order valence-electron chi connectivity index (χ1n) is 11.2. The summed E-state index contributed by atoms with van der Waals surface area (Å²) in [7, 11) is 3.96. The Labute approximate surface area is 184 Å². The molecule has 1 fully saturated rings. The lowest BCUT2D eigenvalue weighted by atomic mass is 9.89. The molecule has 0 bridgehead atoms. The van der Waals surface area contributed by atoms with Crippen LogP contribution in [0.1, 0.15) is 58.5 Å². The molecular formula is C24H34N4OS. The number of nitrogens with one attached hydrogen (secondary N) is 1. The van der Waals surface area contributed by atoms with E-state index in [4.69, 9.17) is 9.72 Å². The average Bonchev–Trinajstić information content (AvgIpc) is 3.17. The lowest BCUT2D eigenvalue weighted by Gasteiger charge is -2.33. The molecular weight excluding hydrogens is 392 g/mol. The van der Waals surface area contributed by atoms with E-state index in [0.717, 1.165) is 38.5 Å². The highest BCUT2D eigenvalue weighted by molar-refractivity contribution is 7.11. The molecule has 1 aliphatic heterocycles. The highest BCUT2D eigenvalue weighted by atomic mass is 32.1. The van der Waals surface area contributed by atoms with Crippen molar-refractivity contribution in [1.82, 2.24) is 15.2 Å². The van der Waals surface area contributed by atoms with Crippen molar-refractivity contribution in [3.05, 3.63) is 51.0 Å². The van der Waals surface area contributed by atoms with Gasteiger partial charge in [0.25, 0.3) is 0 Å². The molecule has 1 N–H and O–H groups in total. The van der Waals surface area contributed by atoms with Gasteiger partial charge in [0.1, 0.15) is 5.01 Å². The van der Waals surface area contributed by atoms with Crippen LogP contribution in [0.5, 0.6) is 0 Å². The molecule has 30 heavy (non-hydrogen) atoms. The van der Waals surface area contributed by atoms with Crippen molar-refractivity contribution >= 4 is 17.3 Å². The Balaban J connectivity index is 1.36. The molecule has 1 aliphatic carbocycles. The number of hydrogen-bond acceptors (Lipinski definition) is 4. The number of benzene rings is 1. The molecule has 6 heteroatoms. The summed E-state index contributed by atoms with van der Waals surface area (Å²) in [5.41, 5.74) is 3.90. The molecule has 2 heterocycles. The van der Waals surface area contributed by atoms with Crippen molar-refractivity contribution in [2.24, 2.45) is 10.9 Å². The lowest BCUT2D eigenvalue weighted by molar-refractivity contribution is -0.0266. The largest absolute Gasteiger partial charge is 0.373 e. The fourth-order valence-corrected chi connectivity index (χ4v) is 5.75. The Bertz CT molecular complexity index is 837. The number of fused-ring (bicyclic) bond motifs is 1. The van der Waals surface area contributed by atoms with E-state index in [1.165, 1.54) is 52.4 Å². The first-order chi connectivity index (χ1) is 14.6. The Morgan fingerprint density at radius 3 is 2.80 bits per heavy atom. The maximum Gasteiger partial charge on any atom is 0.193 e. The molecule has 4 rings (SSSR count). The topological polar surface area (TPSA) is 49.8 Å². The number of aliphatic imine (C=N–C) groups is 1. The van der Waals surface area contributed by atoms with Gasteiger partial charge in [-0.2, -0.15) is 0 Å². The molecule has 1 saturated heterocycles. The van der Waals surface area contributed by atoms with Crippen LogP contribution in [0, 0.1) is 12.8 Å². The van der Waals surface area contributed by atoms with Crippen molar-refractivity contribution in [2.75, 3.05) is 27.2 Å². The highest BCUT2D eigenvalue weighted by Gasteiger charge is 2.28. The third-order valence-corrected chi connectivity index (χ3v) is 7.35. The van der Waals surface area contributed by atoms with Crippen LogP contribution in [0.3, 0.4) is 0 Å². The molecule has 5 nitrogen and oxygen atoms in total. The van der Waals surface area contributed by atoms with E-state index >= 15 is 0 Å². The predicted octanol–water partition coefficient (Wildman–Crippen LogP) is 4.51.